The highest BCUT2D eigenvalue weighted by molar-refractivity contribution is 6.03. The number of hydrogen-bond acceptors (Lipinski definition) is 4. The summed E-state index contributed by atoms with van der Waals surface area (Å²) in [6.45, 7) is 3.93. The molecule has 4 N–H and O–H groups in total. The quantitative estimate of drug-likeness (QED) is 0.412. The van der Waals surface area contributed by atoms with Crippen LogP contribution in [0.15, 0.2) is 53.5 Å². The first-order chi connectivity index (χ1) is 15.3. The number of aliphatic carboxylic acids is 1. The van der Waals surface area contributed by atoms with Gasteiger partial charge in [0, 0.05) is 12.1 Å². The Morgan fingerprint density at radius 1 is 1.12 bits per heavy atom. The number of nitrogens with two attached hydrogens (primary N) is 1. The molecule has 0 amide bonds. The Morgan fingerprint density at radius 2 is 1.70 bits per heavy atom. The Morgan fingerprint density at radius 3 is 2.18 bits per heavy atom. The van der Waals surface area contributed by atoms with E-state index in [1.165, 1.54) is 26.0 Å². The summed E-state index contributed by atoms with van der Waals surface area (Å²) < 4.78 is 43.6. The van der Waals surface area contributed by atoms with Crippen molar-refractivity contribution in [3.63, 3.8) is 0 Å². The summed E-state index contributed by atoms with van der Waals surface area (Å²) in [6, 6.07) is 11.4. The van der Waals surface area contributed by atoms with Crippen molar-refractivity contribution in [1.82, 2.24) is 4.90 Å². The molecule has 0 radical (unpaired) electrons. The van der Waals surface area contributed by atoms with E-state index in [0.29, 0.717) is 30.2 Å². The molecule has 33 heavy (non-hydrogen) atoms. The molecule has 0 unspecified atom stereocenters. The van der Waals surface area contributed by atoms with Crippen LogP contribution in [0.4, 0.5) is 13.2 Å². The average molecular weight is 465 g/mol. The van der Waals surface area contributed by atoms with Crippen molar-refractivity contribution in [3.05, 3.63) is 65.2 Å². The number of ether oxygens (including phenoxy) is 1. The Labute approximate surface area is 190 Å². The number of benzene rings is 2. The van der Waals surface area contributed by atoms with Gasteiger partial charge in [0.1, 0.15) is 5.75 Å². The summed E-state index contributed by atoms with van der Waals surface area (Å²) in [5.74, 6) is -0.128. The van der Waals surface area contributed by atoms with E-state index >= 15 is 0 Å². The standard InChI is InChI=1S/C23H27F3N4O3/c1-22(2,21(31)32)33-18-11-5-15(6-12-18)13-30(4)14-19(28-3)29-20(27)16-7-9-17(10-8-16)23(24,25)26/h5-12H,13-14H2,1-4H3,(H,31,32)(H2,27,28,29)/p+1. The van der Waals surface area contributed by atoms with Crippen molar-refractivity contribution >= 4 is 17.6 Å². The van der Waals surface area contributed by atoms with Crippen molar-refractivity contribution < 1.29 is 33.1 Å². The molecule has 0 aliphatic heterocycles. The summed E-state index contributed by atoms with van der Waals surface area (Å²) in [5.41, 5.74) is -0.845. The largest absolute Gasteiger partial charge is 0.478 e. The predicted molar refractivity (Wildman–Crippen MR) is 119 cm³/mol. The molecule has 178 valence electrons. The van der Waals surface area contributed by atoms with Crippen LogP contribution in [0.5, 0.6) is 5.75 Å². The maximum atomic E-state index is 12.7. The Balaban J connectivity index is 2.00. The molecular formula is C23H28F3N4O3+. The van der Waals surface area contributed by atoms with Gasteiger partial charge in [-0.15, -0.1) is 0 Å². The van der Waals surface area contributed by atoms with Gasteiger partial charge < -0.3 is 15.2 Å². The number of alkyl halides is 3. The van der Waals surface area contributed by atoms with Gasteiger partial charge in [0.05, 0.1) is 19.2 Å². The van der Waals surface area contributed by atoms with Crippen molar-refractivity contribution in [2.75, 3.05) is 20.6 Å². The number of carboxylic acid groups (broad SMARTS) is 1. The molecule has 0 aliphatic rings. The number of nitrogens with zero attached hydrogens (tertiary/aromatic N) is 2. The number of carbonyl (C=O) groups is 1. The van der Waals surface area contributed by atoms with Crippen molar-refractivity contribution in [3.8, 4) is 5.75 Å². The van der Waals surface area contributed by atoms with Crippen LogP contribution in [0.2, 0.25) is 0 Å². The SMILES string of the molecule is C[NH2+]C(CN(C)Cc1ccc(OC(C)(C)C(=O)O)cc1)=NC(=N)c1ccc(C(F)(F)F)cc1. The van der Waals surface area contributed by atoms with Gasteiger partial charge in [-0.25, -0.2) is 4.79 Å². The van der Waals surface area contributed by atoms with E-state index in [1.807, 2.05) is 24.1 Å². The van der Waals surface area contributed by atoms with Crippen LogP contribution in [-0.4, -0.2) is 53.9 Å². The van der Waals surface area contributed by atoms with Crippen LogP contribution in [0.1, 0.15) is 30.5 Å². The Hall–Kier alpha value is -3.24. The lowest BCUT2D eigenvalue weighted by molar-refractivity contribution is -0.508. The minimum atomic E-state index is -4.42. The number of likely N-dealkylation sites (N-methyl/N-ethyl adjacent to an activating group) is 2. The van der Waals surface area contributed by atoms with Gasteiger partial charge >= 0.3 is 12.1 Å². The molecule has 2 rings (SSSR count). The van der Waals surface area contributed by atoms with Gasteiger partial charge in [0.25, 0.3) is 0 Å². The molecule has 0 spiro atoms. The molecule has 10 heteroatoms. The second-order valence-corrected chi connectivity index (χ2v) is 8.05. The third-order valence-electron chi connectivity index (χ3n) is 4.77. The van der Waals surface area contributed by atoms with E-state index in [1.54, 1.807) is 24.5 Å². The lowest BCUT2D eigenvalue weighted by Crippen LogP contribution is -2.85. The zero-order chi connectivity index (χ0) is 24.8. The molecule has 2 aromatic carbocycles. The number of hydrogen-bond donors (Lipinski definition) is 3. The highest BCUT2D eigenvalue weighted by Gasteiger charge is 2.30. The average Bonchev–Trinajstić information content (AvgIpc) is 2.73. The second-order valence-electron chi connectivity index (χ2n) is 8.05. The molecule has 0 saturated heterocycles. The third-order valence-corrected chi connectivity index (χ3v) is 4.77. The summed E-state index contributed by atoms with van der Waals surface area (Å²) in [4.78, 5) is 17.4. The molecule has 0 saturated carbocycles. The smallest absolute Gasteiger partial charge is 0.416 e. The number of rotatable bonds is 8. The monoisotopic (exact) mass is 465 g/mol. The first-order valence-corrected chi connectivity index (χ1v) is 10.1. The van der Waals surface area contributed by atoms with Gasteiger partial charge in [0.15, 0.2) is 11.4 Å². The second kappa shape index (κ2) is 10.6. The molecule has 0 bridgehead atoms. The fourth-order valence-corrected chi connectivity index (χ4v) is 2.86. The number of amidine groups is 2. The molecule has 0 fully saturated rings. The molecule has 0 heterocycles. The van der Waals surface area contributed by atoms with Crippen molar-refractivity contribution in [1.29, 1.82) is 5.41 Å². The Bertz CT molecular complexity index is 1000. The van der Waals surface area contributed by atoms with Crippen LogP contribution in [-0.2, 0) is 17.5 Å². The predicted octanol–water partition coefficient (Wildman–Crippen LogP) is 3.00. The maximum Gasteiger partial charge on any atom is 0.416 e. The van der Waals surface area contributed by atoms with Gasteiger partial charge in [-0.2, -0.15) is 18.2 Å². The van der Waals surface area contributed by atoms with Crippen LogP contribution in [0, 0.1) is 5.41 Å². The molecule has 0 atom stereocenters. The highest BCUT2D eigenvalue weighted by Crippen LogP contribution is 2.29. The summed E-state index contributed by atoms with van der Waals surface area (Å²) in [6.07, 6.45) is -4.42. The number of nitrogens with one attached hydrogen (secondary N) is 1. The van der Waals surface area contributed by atoms with Crippen LogP contribution >= 0.6 is 0 Å². The molecular weight excluding hydrogens is 437 g/mol. The minimum absolute atomic E-state index is 0.118. The van der Waals surface area contributed by atoms with Crippen LogP contribution < -0.4 is 10.1 Å². The Kier molecular flexibility index (Phi) is 8.34. The number of aliphatic imine (C=N–C) groups is 1. The van der Waals surface area contributed by atoms with E-state index in [0.717, 1.165) is 17.7 Å². The highest BCUT2D eigenvalue weighted by atomic mass is 19.4. The van der Waals surface area contributed by atoms with Crippen molar-refractivity contribution in [2.45, 2.75) is 32.2 Å². The number of halogens is 3. The topological polar surface area (TPSA) is 103 Å². The molecule has 0 aliphatic carbocycles. The zero-order valence-corrected chi connectivity index (χ0v) is 18.9. The lowest BCUT2D eigenvalue weighted by Gasteiger charge is -2.22. The van der Waals surface area contributed by atoms with Gasteiger partial charge in [-0.3, -0.25) is 10.3 Å². The maximum absolute atomic E-state index is 12.7. The molecule has 0 aromatic heterocycles. The van der Waals surface area contributed by atoms with E-state index in [4.69, 9.17) is 15.3 Å². The van der Waals surface area contributed by atoms with Crippen LogP contribution in [0.25, 0.3) is 0 Å². The molecule has 7 nitrogen and oxygen atoms in total. The normalized spacial score (nSPS) is 12.7. The van der Waals surface area contributed by atoms with Gasteiger partial charge in [-0.1, -0.05) is 24.3 Å². The number of quaternary nitrogens is 1. The van der Waals surface area contributed by atoms with E-state index in [9.17, 15) is 18.0 Å². The summed E-state index contributed by atoms with van der Waals surface area (Å²) in [5, 5.41) is 19.0. The van der Waals surface area contributed by atoms with Gasteiger partial charge in [0.2, 0.25) is 5.84 Å². The van der Waals surface area contributed by atoms with Crippen molar-refractivity contribution in [2.24, 2.45) is 4.99 Å². The summed E-state index contributed by atoms with van der Waals surface area (Å²) in [7, 11) is 3.65. The van der Waals surface area contributed by atoms with E-state index in [-0.39, 0.29) is 5.84 Å². The fraction of sp³-hybridized carbons (Fsp3) is 0.348. The third kappa shape index (κ3) is 7.69. The summed E-state index contributed by atoms with van der Waals surface area (Å²) >= 11 is 0. The number of carboxylic acids is 1. The van der Waals surface area contributed by atoms with E-state index in [2.05, 4.69) is 4.99 Å². The zero-order valence-electron chi connectivity index (χ0n) is 18.9. The lowest BCUT2D eigenvalue weighted by atomic mass is 10.1. The first-order valence-electron chi connectivity index (χ1n) is 10.1. The fourth-order valence-electron chi connectivity index (χ4n) is 2.86. The van der Waals surface area contributed by atoms with E-state index < -0.39 is 23.3 Å². The van der Waals surface area contributed by atoms with Crippen LogP contribution in [0.3, 0.4) is 0 Å². The minimum Gasteiger partial charge on any atom is -0.478 e. The first kappa shape index (κ1) is 26.0. The molecule has 2 aromatic rings. The van der Waals surface area contributed by atoms with Gasteiger partial charge in [-0.05, 0) is 50.7 Å².